The van der Waals surface area contributed by atoms with Crippen molar-refractivity contribution in [1.82, 2.24) is 0 Å². The molecule has 1 atom stereocenters. The average Bonchev–Trinajstić information content (AvgIpc) is 2.27. The van der Waals surface area contributed by atoms with Gasteiger partial charge in [-0.05, 0) is 56.8 Å². The zero-order valence-electron chi connectivity index (χ0n) is 11.5. The van der Waals surface area contributed by atoms with Crippen molar-refractivity contribution >= 4 is 0 Å². The summed E-state index contributed by atoms with van der Waals surface area (Å²) < 4.78 is 5.61. The SMILES string of the molecule is CCOC1CC(CC(N)C2CCC(C)CC2)C1. The van der Waals surface area contributed by atoms with E-state index in [1.54, 1.807) is 0 Å². The fourth-order valence-electron chi connectivity index (χ4n) is 3.53. The van der Waals surface area contributed by atoms with Gasteiger partial charge in [-0.2, -0.15) is 0 Å². The molecule has 0 saturated heterocycles. The Labute approximate surface area is 106 Å². The monoisotopic (exact) mass is 239 g/mol. The van der Waals surface area contributed by atoms with Gasteiger partial charge < -0.3 is 10.5 Å². The van der Waals surface area contributed by atoms with Crippen LogP contribution in [-0.4, -0.2) is 18.8 Å². The first-order chi connectivity index (χ1) is 8.19. The second-order valence-corrected chi connectivity index (χ2v) is 6.33. The fraction of sp³-hybridized carbons (Fsp3) is 1.00. The molecule has 2 fully saturated rings. The molecule has 0 radical (unpaired) electrons. The summed E-state index contributed by atoms with van der Waals surface area (Å²) in [7, 11) is 0. The van der Waals surface area contributed by atoms with Crippen LogP contribution in [-0.2, 0) is 4.74 Å². The Morgan fingerprint density at radius 2 is 1.82 bits per heavy atom. The van der Waals surface area contributed by atoms with Crippen molar-refractivity contribution in [3.8, 4) is 0 Å². The molecular formula is C15H29NO. The molecule has 0 heterocycles. The van der Waals surface area contributed by atoms with Crippen molar-refractivity contribution in [3.63, 3.8) is 0 Å². The number of rotatable bonds is 5. The van der Waals surface area contributed by atoms with Crippen LogP contribution in [0.5, 0.6) is 0 Å². The molecule has 2 aliphatic rings. The highest BCUT2D eigenvalue weighted by Crippen LogP contribution is 2.37. The first kappa shape index (κ1) is 13.4. The zero-order chi connectivity index (χ0) is 12.3. The standard InChI is InChI=1S/C15H29NO/c1-3-17-14-8-12(9-14)10-15(16)13-6-4-11(2)5-7-13/h11-15H,3-10,16H2,1-2H3. The van der Waals surface area contributed by atoms with E-state index in [-0.39, 0.29) is 0 Å². The minimum absolute atomic E-state index is 0.454. The molecule has 2 nitrogen and oxygen atoms in total. The lowest BCUT2D eigenvalue weighted by atomic mass is 9.72. The van der Waals surface area contributed by atoms with Crippen molar-refractivity contribution in [3.05, 3.63) is 0 Å². The van der Waals surface area contributed by atoms with Gasteiger partial charge in [-0.1, -0.05) is 19.8 Å². The van der Waals surface area contributed by atoms with E-state index in [0.29, 0.717) is 12.1 Å². The third-order valence-electron chi connectivity index (χ3n) is 4.87. The van der Waals surface area contributed by atoms with Crippen LogP contribution in [0.25, 0.3) is 0 Å². The van der Waals surface area contributed by atoms with Crippen molar-refractivity contribution in [2.24, 2.45) is 23.5 Å². The third-order valence-corrected chi connectivity index (χ3v) is 4.87. The second-order valence-electron chi connectivity index (χ2n) is 6.33. The van der Waals surface area contributed by atoms with Crippen LogP contribution in [0.15, 0.2) is 0 Å². The number of hydrogen-bond acceptors (Lipinski definition) is 2. The van der Waals surface area contributed by atoms with Crippen molar-refractivity contribution in [2.45, 2.75) is 70.9 Å². The van der Waals surface area contributed by atoms with Crippen molar-refractivity contribution in [1.29, 1.82) is 0 Å². The topological polar surface area (TPSA) is 35.2 Å². The van der Waals surface area contributed by atoms with E-state index in [4.69, 9.17) is 10.5 Å². The predicted molar refractivity (Wildman–Crippen MR) is 71.9 cm³/mol. The summed E-state index contributed by atoms with van der Waals surface area (Å²) >= 11 is 0. The van der Waals surface area contributed by atoms with Gasteiger partial charge in [0.25, 0.3) is 0 Å². The maximum atomic E-state index is 6.38. The summed E-state index contributed by atoms with van der Waals surface area (Å²) in [6, 6.07) is 0.454. The van der Waals surface area contributed by atoms with E-state index in [1.165, 1.54) is 44.9 Å². The summed E-state index contributed by atoms with van der Waals surface area (Å²) in [6.07, 6.45) is 9.81. The maximum Gasteiger partial charge on any atom is 0.0580 e. The molecule has 1 unspecified atom stereocenters. The number of ether oxygens (including phenoxy) is 1. The van der Waals surface area contributed by atoms with Crippen LogP contribution < -0.4 is 5.73 Å². The van der Waals surface area contributed by atoms with Crippen molar-refractivity contribution in [2.75, 3.05) is 6.61 Å². The number of nitrogens with two attached hydrogens (primary N) is 1. The molecule has 0 aromatic carbocycles. The average molecular weight is 239 g/mol. The Bertz CT molecular complexity index is 217. The van der Waals surface area contributed by atoms with Gasteiger partial charge in [-0.3, -0.25) is 0 Å². The Morgan fingerprint density at radius 3 is 2.41 bits per heavy atom. The Balaban J connectivity index is 1.63. The maximum absolute atomic E-state index is 6.38. The molecule has 17 heavy (non-hydrogen) atoms. The summed E-state index contributed by atoms with van der Waals surface area (Å²) in [6.45, 7) is 5.33. The Morgan fingerprint density at radius 1 is 1.18 bits per heavy atom. The third kappa shape index (κ3) is 3.69. The molecule has 2 heteroatoms. The van der Waals surface area contributed by atoms with Gasteiger partial charge in [0.2, 0.25) is 0 Å². The first-order valence-electron chi connectivity index (χ1n) is 7.56. The number of hydrogen-bond donors (Lipinski definition) is 1. The normalized spacial score (nSPS) is 39.7. The van der Waals surface area contributed by atoms with Gasteiger partial charge in [0, 0.05) is 12.6 Å². The smallest absolute Gasteiger partial charge is 0.0580 e. The van der Waals surface area contributed by atoms with Crippen LogP contribution in [0, 0.1) is 17.8 Å². The predicted octanol–water partition coefficient (Wildman–Crippen LogP) is 3.35. The highest BCUT2D eigenvalue weighted by Gasteiger charge is 2.33. The van der Waals surface area contributed by atoms with E-state index in [1.807, 2.05) is 0 Å². The van der Waals surface area contributed by atoms with Gasteiger partial charge in [0.15, 0.2) is 0 Å². The van der Waals surface area contributed by atoms with Crippen molar-refractivity contribution < 1.29 is 4.74 Å². The molecule has 0 bridgehead atoms. The Hall–Kier alpha value is -0.0800. The van der Waals surface area contributed by atoms with Crippen LogP contribution in [0.1, 0.15) is 58.8 Å². The Kier molecular flexibility index (Phi) is 4.87. The summed E-state index contributed by atoms with van der Waals surface area (Å²) in [5.74, 6) is 2.59. The van der Waals surface area contributed by atoms with Crippen LogP contribution in [0.3, 0.4) is 0 Å². The largest absolute Gasteiger partial charge is 0.378 e. The minimum atomic E-state index is 0.454. The highest BCUT2D eigenvalue weighted by molar-refractivity contribution is 4.86. The summed E-state index contributed by atoms with van der Waals surface area (Å²) in [4.78, 5) is 0. The van der Waals surface area contributed by atoms with E-state index < -0.39 is 0 Å². The zero-order valence-corrected chi connectivity index (χ0v) is 11.5. The van der Waals surface area contributed by atoms with Crippen LogP contribution >= 0.6 is 0 Å². The second kappa shape index (κ2) is 6.19. The van der Waals surface area contributed by atoms with Gasteiger partial charge in [0.05, 0.1) is 6.10 Å². The molecule has 100 valence electrons. The molecule has 0 spiro atoms. The van der Waals surface area contributed by atoms with Gasteiger partial charge in [-0.25, -0.2) is 0 Å². The molecule has 0 aromatic heterocycles. The fourth-order valence-corrected chi connectivity index (χ4v) is 3.53. The van der Waals surface area contributed by atoms with Gasteiger partial charge in [-0.15, -0.1) is 0 Å². The molecule has 0 aliphatic heterocycles. The highest BCUT2D eigenvalue weighted by atomic mass is 16.5. The van der Waals surface area contributed by atoms with Gasteiger partial charge in [0.1, 0.15) is 0 Å². The van der Waals surface area contributed by atoms with E-state index in [0.717, 1.165) is 24.4 Å². The quantitative estimate of drug-likeness (QED) is 0.798. The molecular weight excluding hydrogens is 210 g/mol. The molecule has 2 rings (SSSR count). The lowest BCUT2D eigenvalue weighted by Gasteiger charge is -2.39. The van der Waals surface area contributed by atoms with Crippen LogP contribution in [0.2, 0.25) is 0 Å². The molecule has 2 aliphatic carbocycles. The van der Waals surface area contributed by atoms with E-state index in [9.17, 15) is 0 Å². The molecule has 2 N–H and O–H groups in total. The first-order valence-corrected chi connectivity index (χ1v) is 7.56. The minimum Gasteiger partial charge on any atom is -0.378 e. The molecule has 0 aromatic rings. The van der Waals surface area contributed by atoms with E-state index >= 15 is 0 Å². The van der Waals surface area contributed by atoms with Gasteiger partial charge >= 0.3 is 0 Å². The van der Waals surface area contributed by atoms with Crippen LogP contribution in [0.4, 0.5) is 0 Å². The summed E-state index contributed by atoms with van der Waals surface area (Å²) in [5.41, 5.74) is 6.38. The lowest BCUT2D eigenvalue weighted by molar-refractivity contribution is -0.0301. The van der Waals surface area contributed by atoms with E-state index in [2.05, 4.69) is 13.8 Å². The summed E-state index contributed by atoms with van der Waals surface area (Å²) in [5, 5.41) is 0. The molecule has 0 amide bonds. The lowest BCUT2D eigenvalue weighted by Crippen LogP contribution is -2.39. The molecule has 2 saturated carbocycles.